The number of hydrogen-bond acceptors (Lipinski definition) is 10. The maximum absolute atomic E-state index is 13.1. The average Bonchev–Trinajstić information content (AvgIpc) is 4.00. The van der Waals surface area contributed by atoms with Crippen LogP contribution in [0.4, 0.5) is 11.4 Å². The largest absolute Gasteiger partial charge is 0.393 e. The number of imide groups is 2. The number of carbonyl (C=O) groups is 6. The molecule has 304 valence electrons. The van der Waals surface area contributed by atoms with Gasteiger partial charge in [-0.1, -0.05) is 96.1 Å². The molecule has 0 spiro atoms. The van der Waals surface area contributed by atoms with Crippen LogP contribution in [0.1, 0.15) is 83.0 Å². The highest BCUT2D eigenvalue weighted by Crippen LogP contribution is 2.33. The van der Waals surface area contributed by atoms with E-state index in [-0.39, 0.29) is 41.0 Å². The minimum absolute atomic E-state index is 0.104. The highest BCUT2D eigenvalue weighted by atomic mass is 35.5. The Morgan fingerprint density at radius 2 is 1.02 bits per heavy atom. The molecule has 17 heteroatoms. The number of nitrogens with zero attached hydrogens (tertiary/aromatic N) is 3. The first-order valence-electron chi connectivity index (χ1n) is 18.2. The van der Waals surface area contributed by atoms with Gasteiger partial charge in [-0.2, -0.15) is 5.26 Å². The van der Waals surface area contributed by atoms with E-state index in [4.69, 9.17) is 46.4 Å². The predicted molar refractivity (Wildman–Crippen MR) is 239 cm³/mol. The number of thiophene rings is 2. The molecule has 0 fully saturated rings. The molecule has 2 aliphatic heterocycles. The monoisotopic (exact) mass is 904 g/mol. The van der Waals surface area contributed by atoms with Gasteiger partial charge in [0, 0.05) is 6.42 Å². The normalized spacial score (nSPS) is 12.7. The lowest BCUT2D eigenvalue weighted by Crippen LogP contribution is -2.29. The van der Waals surface area contributed by atoms with Crippen molar-refractivity contribution in [3.8, 4) is 6.07 Å². The summed E-state index contributed by atoms with van der Waals surface area (Å²) in [4.78, 5) is 80.3. The molecule has 2 aliphatic rings. The van der Waals surface area contributed by atoms with Crippen LogP contribution in [0.2, 0.25) is 8.67 Å². The summed E-state index contributed by atoms with van der Waals surface area (Å²) in [5, 5.41) is 14.2. The highest BCUT2D eigenvalue weighted by molar-refractivity contribution is 7.80. The third-order valence-corrected chi connectivity index (χ3v) is 12.1. The van der Waals surface area contributed by atoms with Gasteiger partial charge in [0.25, 0.3) is 35.4 Å². The second-order valence-electron chi connectivity index (χ2n) is 13.6. The van der Waals surface area contributed by atoms with Crippen LogP contribution in [0, 0.1) is 11.3 Å². The van der Waals surface area contributed by atoms with E-state index in [1.165, 1.54) is 4.90 Å². The van der Waals surface area contributed by atoms with Crippen molar-refractivity contribution in [1.82, 2.24) is 9.80 Å². The Morgan fingerprint density at radius 1 is 0.607 bits per heavy atom. The molecule has 0 unspecified atom stereocenters. The van der Waals surface area contributed by atoms with E-state index in [1.807, 2.05) is 24.3 Å². The summed E-state index contributed by atoms with van der Waals surface area (Å²) < 4.78 is 0.969. The van der Waals surface area contributed by atoms with Gasteiger partial charge in [-0.3, -0.25) is 38.6 Å². The molecule has 0 radical (unpaired) electrons. The standard InChI is InChI=1S/C22H16ClN3O3S2.C22H14ClN3O3S/c23-17-9-8-16(31-17)20(27)25-15-3-1-2-14-19(15)22(29)26(21(14)28)11-13-6-4-12(5-7-13)10-18(24)30;23-18-9-8-17(30-18)20(27)25-16-3-1-2-15-19(16)22(29)26(21(15)28)12-14-6-4-13(5-7-14)10-11-24/h1-9H,10-11H2,(H2,24,30)(H,25,27);1-9H,10,12H2,(H,25,27). The molecular weight excluding hydrogens is 876 g/mol. The number of amides is 6. The molecule has 4 N–H and O–H groups in total. The van der Waals surface area contributed by atoms with Gasteiger partial charge in [0.15, 0.2) is 0 Å². The second kappa shape index (κ2) is 18.4. The number of hydrogen-bond donors (Lipinski definition) is 3. The first-order valence-corrected chi connectivity index (χ1v) is 21.0. The molecule has 4 heterocycles. The number of nitrogens with two attached hydrogens (primary N) is 1. The van der Waals surface area contributed by atoms with Crippen LogP contribution in [0.5, 0.6) is 0 Å². The van der Waals surface area contributed by atoms with Crippen LogP contribution in [0.25, 0.3) is 0 Å². The van der Waals surface area contributed by atoms with Crippen LogP contribution in [-0.2, 0) is 25.9 Å². The Bertz CT molecular complexity index is 2810. The van der Waals surface area contributed by atoms with Crippen molar-refractivity contribution in [3.05, 3.63) is 172 Å². The van der Waals surface area contributed by atoms with Gasteiger partial charge < -0.3 is 16.4 Å². The topological polar surface area (TPSA) is 183 Å². The summed E-state index contributed by atoms with van der Waals surface area (Å²) in [6.07, 6.45) is 0.785. The van der Waals surface area contributed by atoms with E-state index in [1.54, 1.807) is 84.9 Å². The summed E-state index contributed by atoms with van der Waals surface area (Å²) in [5.74, 6) is -2.51. The minimum atomic E-state index is -0.462. The molecule has 0 saturated heterocycles. The summed E-state index contributed by atoms with van der Waals surface area (Å²) >= 11 is 19.0. The van der Waals surface area contributed by atoms with Crippen LogP contribution in [-0.4, -0.2) is 50.2 Å². The smallest absolute Gasteiger partial charge is 0.265 e. The number of benzene rings is 4. The minimum Gasteiger partial charge on any atom is -0.393 e. The van der Waals surface area contributed by atoms with Crippen molar-refractivity contribution in [1.29, 1.82) is 5.26 Å². The lowest BCUT2D eigenvalue weighted by molar-refractivity contribution is 0.0627. The molecular formula is C44H30Cl2N6O6S3. The number of rotatable bonds is 11. The molecule has 8 rings (SSSR count). The quantitative estimate of drug-likeness (QED) is 0.0845. The Morgan fingerprint density at radius 3 is 1.39 bits per heavy atom. The number of nitrogens with one attached hydrogen (secondary N) is 2. The first kappa shape index (κ1) is 42.6. The van der Waals surface area contributed by atoms with Gasteiger partial charge in [-0.15, -0.1) is 22.7 Å². The third kappa shape index (κ3) is 9.44. The molecule has 0 bridgehead atoms. The van der Waals surface area contributed by atoms with E-state index in [0.29, 0.717) is 41.9 Å². The van der Waals surface area contributed by atoms with Crippen LogP contribution in [0.3, 0.4) is 0 Å². The van der Waals surface area contributed by atoms with E-state index < -0.39 is 35.4 Å². The number of nitriles is 1. The molecule has 6 aromatic rings. The molecule has 4 aromatic carbocycles. The van der Waals surface area contributed by atoms with Gasteiger partial charge in [0.2, 0.25) is 0 Å². The van der Waals surface area contributed by atoms with Crippen LogP contribution < -0.4 is 16.4 Å². The lowest BCUT2D eigenvalue weighted by atomic mass is 10.1. The number of anilines is 2. The molecule has 12 nitrogen and oxygen atoms in total. The van der Waals surface area contributed by atoms with Gasteiger partial charge >= 0.3 is 0 Å². The third-order valence-electron chi connectivity index (χ3n) is 9.48. The maximum Gasteiger partial charge on any atom is 0.265 e. The number of fused-ring (bicyclic) bond motifs is 2. The zero-order valence-electron chi connectivity index (χ0n) is 31.6. The molecule has 2 aromatic heterocycles. The van der Waals surface area contributed by atoms with Crippen molar-refractivity contribution >= 4 is 110 Å². The van der Waals surface area contributed by atoms with Crippen LogP contribution >= 0.6 is 58.1 Å². The molecule has 0 aliphatic carbocycles. The van der Waals surface area contributed by atoms with Crippen molar-refractivity contribution < 1.29 is 28.8 Å². The fourth-order valence-corrected chi connectivity index (χ4v) is 8.63. The number of thiocarbonyl (C=S) groups is 1. The lowest BCUT2D eigenvalue weighted by Gasteiger charge is -2.14. The zero-order chi connectivity index (χ0) is 43.4. The van der Waals surface area contributed by atoms with Gasteiger partial charge in [0.1, 0.15) is 0 Å². The molecule has 6 amide bonds. The van der Waals surface area contributed by atoms with E-state index in [0.717, 1.165) is 49.8 Å². The van der Waals surface area contributed by atoms with Gasteiger partial charge in [-0.05, 0) is 70.8 Å². The maximum atomic E-state index is 13.1. The second-order valence-corrected chi connectivity index (χ2v) is 17.5. The zero-order valence-corrected chi connectivity index (χ0v) is 35.5. The predicted octanol–water partition coefficient (Wildman–Crippen LogP) is 8.79. The number of carbonyl (C=O) groups excluding carboxylic acids is 6. The molecule has 0 atom stereocenters. The molecule has 0 saturated carbocycles. The average molecular weight is 906 g/mol. The Hall–Kier alpha value is -6.54. The van der Waals surface area contributed by atoms with Crippen LogP contribution in [0.15, 0.2) is 109 Å². The summed E-state index contributed by atoms with van der Waals surface area (Å²) in [6.45, 7) is 0.223. The van der Waals surface area contributed by atoms with Gasteiger partial charge in [-0.25, -0.2) is 0 Å². The van der Waals surface area contributed by atoms with Crippen molar-refractivity contribution in [3.63, 3.8) is 0 Å². The van der Waals surface area contributed by atoms with E-state index >= 15 is 0 Å². The van der Waals surface area contributed by atoms with Crippen molar-refractivity contribution in [2.45, 2.75) is 25.9 Å². The Kier molecular flexibility index (Phi) is 12.8. The van der Waals surface area contributed by atoms with Crippen molar-refractivity contribution in [2.24, 2.45) is 5.73 Å². The number of halogens is 2. The molecule has 61 heavy (non-hydrogen) atoms. The first-order chi connectivity index (χ1) is 29.3. The van der Waals surface area contributed by atoms with Gasteiger partial charge in [0.05, 0.1) is 82.6 Å². The fraction of sp³-hybridized carbons (Fsp3) is 0.0909. The SMILES string of the molecule is N#CCc1ccc(CN2C(=O)c3cccc(NC(=O)c4ccc(Cl)s4)c3C2=O)cc1.NC(=S)Cc1ccc(CN2C(=O)c3cccc(NC(=O)c4ccc(Cl)s4)c3C2=O)cc1. The summed E-state index contributed by atoms with van der Waals surface area (Å²) in [5.41, 5.74) is 10.4. The Labute approximate surface area is 372 Å². The summed E-state index contributed by atoms with van der Waals surface area (Å²) in [7, 11) is 0. The highest BCUT2D eigenvalue weighted by Gasteiger charge is 2.39. The summed E-state index contributed by atoms with van der Waals surface area (Å²) in [6, 6.07) is 32.7. The Balaban J connectivity index is 0.000000184. The van der Waals surface area contributed by atoms with Crippen molar-refractivity contribution in [2.75, 3.05) is 10.6 Å². The fourth-order valence-electron chi connectivity index (χ4n) is 6.59. The van der Waals surface area contributed by atoms with E-state index in [9.17, 15) is 28.8 Å². The van der Waals surface area contributed by atoms with E-state index in [2.05, 4.69) is 16.7 Å².